The Morgan fingerprint density at radius 2 is 1.54 bits per heavy atom. The first-order chi connectivity index (χ1) is 23.8. The van der Waals surface area contributed by atoms with E-state index in [9.17, 15) is 28.0 Å². The molecule has 50 heavy (non-hydrogen) atoms. The van der Waals surface area contributed by atoms with Crippen LogP contribution in [-0.2, 0) is 11.3 Å². The summed E-state index contributed by atoms with van der Waals surface area (Å²) in [6, 6.07) is 9.54. The van der Waals surface area contributed by atoms with Gasteiger partial charge in [-0.3, -0.25) is 15.1 Å². The van der Waals surface area contributed by atoms with E-state index in [-0.39, 0.29) is 35.3 Å². The first kappa shape index (κ1) is 36.4. The Bertz CT molecular complexity index is 1700. The Morgan fingerprint density at radius 1 is 0.960 bits per heavy atom. The minimum absolute atomic E-state index is 0.0397. The molecule has 2 amide bonds. The predicted molar refractivity (Wildman–Crippen MR) is 175 cm³/mol. The number of aromatic nitrogens is 4. The molecule has 6 rings (SSSR count). The van der Waals surface area contributed by atoms with Crippen molar-refractivity contribution < 1.29 is 32.7 Å². The lowest BCUT2D eigenvalue weighted by atomic mass is 10.1. The molecule has 3 aromatic rings. The van der Waals surface area contributed by atoms with Crippen LogP contribution >= 0.6 is 0 Å². The van der Waals surface area contributed by atoms with E-state index in [0.29, 0.717) is 24.2 Å². The second-order valence-corrected chi connectivity index (χ2v) is 12.7. The van der Waals surface area contributed by atoms with Gasteiger partial charge in [0.05, 0.1) is 6.04 Å². The first-order valence-corrected chi connectivity index (χ1v) is 16.4. The van der Waals surface area contributed by atoms with Crippen molar-refractivity contribution in [3.8, 4) is 6.07 Å². The average molecular weight is 700 g/mol. The minimum atomic E-state index is -5.08. The fraction of sp³-hybridized carbons (Fsp3) is 0.531. The molecule has 0 radical (unpaired) electrons. The van der Waals surface area contributed by atoms with Crippen LogP contribution in [0.3, 0.4) is 0 Å². The molecule has 3 aliphatic rings. The van der Waals surface area contributed by atoms with Gasteiger partial charge in [0.2, 0.25) is 5.82 Å². The van der Waals surface area contributed by atoms with Gasteiger partial charge < -0.3 is 19.8 Å². The highest BCUT2D eigenvalue weighted by molar-refractivity contribution is 5.97. The maximum Gasteiger partial charge on any atom is 0.490 e. The van der Waals surface area contributed by atoms with Crippen LogP contribution < -0.4 is 5.43 Å². The number of aliphatic carboxylic acids is 1. The number of hydrogen-bond donors (Lipinski definition) is 2. The van der Waals surface area contributed by atoms with E-state index in [1.54, 1.807) is 9.91 Å². The molecule has 4 heterocycles. The number of carboxylic acids is 1. The fourth-order valence-corrected chi connectivity index (χ4v) is 6.06. The number of likely N-dealkylation sites (N-methyl/N-ethyl adjacent to an activating group) is 2. The molecule has 2 N–H and O–H groups in total. The summed E-state index contributed by atoms with van der Waals surface area (Å²) in [6.07, 6.45) is 0.104. The molecule has 1 saturated carbocycles. The quantitative estimate of drug-likeness (QED) is 0.362. The van der Waals surface area contributed by atoms with E-state index in [2.05, 4.69) is 42.1 Å². The Balaban J connectivity index is 0.000000630. The number of amides is 2. The molecule has 0 spiro atoms. The summed E-state index contributed by atoms with van der Waals surface area (Å²) in [5.74, 6) is -2.79. The SMILES string of the molecule is CN1CCN(Cc2ccc(C(=O)N(Nc3nc(C#N)nc4c3ncn4C(=O)N3CCN(C)CC3)C3CCCC3)cc2)CC1.O=C(O)C(F)(F)F. The van der Waals surface area contributed by atoms with E-state index < -0.39 is 12.1 Å². The van der Waals surface area contributed by atoms with Crippen molar-refractivity contribution >= 4 is 34.9 Å². The third-order valence-corrected chi connectivity index (χ3v) is 9.06. The number of anilines is 1. The molecule has 18 heteroatoms. The van der Waals surface area contributed by atoms with Crippen molar-refractivity contribution in [2.45, 2.75) is 44.4 Å². The van der Waals surface area contributed by atoms with Gasteiger partial charge in [0, 0.05) is 64.5 Å². The van der Waals surface area contributed by atoms with Gasteiger partial charge in [0.25, 0.3) is 5.91 Å². The summed E-state index contributed by atoms with van der Waals surface area (Å²) in [6.45, 7) is 7.78. The summed E-state index contributed by atoms with van der Waals surface area (Å²) in [4.78, 5) is 58.1. The molecule has 1 aliphatic carbocycles. The number of fused-ring (bicyclic) bond motifs is 1. The number of rotatable bonds is 6. The summed E-state index contributed by atoms with van der Waals surface area (Å²) in [5.41, 5.74) is 5.54. The maximum absolute atomic E-state index is 14.0. The summed E-state index contributed by atoms with van der Waals surface area (Å²) >= 11 is 0. The molecule has 3 fully saturated rings. The number of carboxylic acid groups (broad SMARTS) is 1. The van der Waals surface area contributed by atoms with E-state index in [4.69, 9.17) is 9.90 Å². The van der Waals surface area contributed by atoms with Crippen LogP contribution in [0.25, 0.3) is 11.2 Å². The number of imidazole rings is 1. The van der Waals surface area contributed by atoms with Crippen LogP contribution in [0.1, 0.15) is 47.4 Å². The zero-order valence-electron chi connectivity index (χ0n) is 27.9. The number of piperazine rings is 2. The van der Waals surface area contributed by atoms with Crippen molar-refractivity contribution in [1.29, 1.82) is 5.26 Å². The smallest absolute Gasteiger partial charge is 0.475 e. The van der Waals surface area contributed by atoms with Gasteiger partial charge in [0.1, 0.15) is 12.4 Å². The summed E-state index contributed by atoms with van der Waals surface area (Å²) in [5, 5.41) is 18.5. The van der Waals surface area contributed by atoms with Crippen molar-refractivity contribution in [3.05, 3.63) is 47.5 Å². The van der Waals surface area contributed by atoms with Gasteiger partial charge in [-0.1, -0.05) is 25.0 Å². The second-order valence-electron chi connectivity index (χ2n) is 12.7. The number of hydrogen-bond acceptors (Lipinski definition) is 11. The highest BCUT2D eigenvalue weighted by atomic mass is 19.4. The number of nitrogens with zero attached hydrogens (tertiary/aromatic N) is 10. The van der Waals surface area contributed by atoms with Crippen LogP contribution in [0.4, 0.5) is 23.8 Å². The number of benzene rings is 1. The number of carbonyl (C=O) groups excluding carboxylic acids is 2. The molecule has 2 saturated heterocycles. The van der Waals surface area contributed by atoms with Crippen LogP contribution in [0, 0.1) is 11.3 Å². The summed E-state index contributed by atoms with van der Waals surface area (Å²) in [7, 11) is 4.17. The Hall–Kier alpha value is -4.86. The normalized spacial score (nSPS) is 18.0. The molecule has 0 unspecified atom stereocenters. The highest BCUT2D eigenvalue weighted by Gasteiger charge is 2.38. The van der Waals surface area contributed by atoms with Gasteiger partial charge in [-0.25, -0.2) is 24.1 Å². The topological polar surface area (TPSA) is 167 Å². The van der Waals surface area contributed by atoms with Crippen LogP contribution in [0.15, 0.2) is 30.6 Å². The van der Waals surface area contributed by atoms with Gasteiger partial charge >= 0.3 is 18.2 Å². The van der Waals surface area contributed by atoms with Crippen molar-refractivity contribution in [2.24, 2.45) is 0 Å². The molecular formula is C32H40F3N11O4. The van der Waals surface area contributed by atoms with E-state index >= 15 is 0 Å². The van der Waals surface area contributed by atoms with Crippen LogP contribution in [0.2, 0.25) is 0 Å². The molecule has 268 valence electrons. The average Bonchev–Trinajstić information content (AvgIpc) is 3.79. The Kier molecular flexibility index (Phi) is 11.5. The van der Waals surface area contributed by atoms with Crippen molar-refractivity contribution in [3.63, 3.8) is 0 Å². The molecule has 0 atom stereocenters. The van der Waals surface area contributed by atoms with Crippen molar-refractivity contribution in [2.75, 3.05) is 71.9 Å². The lowest BCUT2D eigenvalue weighted by molar-refractivity contribution is -0.192. The molecule has 15 nitrogen and oxygen atoms in total. The molecule has 2 aliphatic heterocycles. The van der Waals surface area contributed by atoms with Crippen LogP contribution in [0.5, 0.6) is 0 Å². The fourth-order valence-electron chi connectivity index (χ4n) is 6.06. The van der Waals surface area contributed by atoms with Gasteiger partial charge in [-0.15, -0.1) is 0 Å². The second kappa shape index (κ2) is 15.8. The number of nitriles is 1. The number of alkyl halides is 3. The first-order valence-electron chi connectivity index (χ1n) is 16.4. The predicted octanol–water partition coefficient (Wildman–Crippen LogP) is 2.71. The molecule has 0 bridgehead atoms. The molecule has 2 aromatic heterocycles. The lowest BCUT2D eigenvalue weighted by Gasteiger charge is -2.32. The van der Waals surface area contributed by atoms with Gasteiger partial charge in [-0.05, 0) is 44.6 Å². The number of hydrazine groups is 1. The van der Waals surface area contributed by atoms with Gasteiger partial charge in [0.15, 0.2) is 17.0 Å². The Labute approximate surface area is 286 Å². The van der Waals surface area contributed by atoms with E-state index in [0.717, 1.165) is 71.5 Å². The highest BCUT2D eigenvalue weighted by Crippen LogP contribution is 2.28. The largest absolute Gasteiger partial charge is 0.490 e. The monoisotopic (exact) mass is 699 g/mol. The maximum atomic E-state index is 14.0. The number of nitrogens with one attached hydrogen (secondary N) is 1. The van der Waals surface area contributed by atoms with Gasteiger partial charge in [-0.2, -0.15) is 28.4 Å². The number of carbonyl (C=O) groups is 3. The molecular weight excluding hydrogens is 659 g/mol. The van der Waals surface area contributed by atoms with Crippen LogP contribution in [-0.4, -0.2) is 146 Å². The number of halogens is 3. The minimum Gasteiger partial charge on any atom is -0.475 e. The van der Waals surface area contributed by atoms with Crippen molar-refractivity contribution in [1.82, 2.24) is 44.1 Å². The standard InChI is InChI=1S/C30H39N11O2.C2HF3O2/c1-36-11-15-38(16-12-36)20-22-7-9-23(10-8-22)29(42)41(24-5-3-4-6-24)35-27-26-28(34-25(19-31)33-27)40(21-32-26)30(43)39-17-13-37(2)14-18-39;3-2(4,5)1(6)7/h7-10,21,24H,3-6,11-18,20H2,1-2H3,(H,33,34,35);(H,6,7). The zero-order valence-corrected chi connectivity index (χ0v) is 27.9. The Morgan fingerprint density at radius 3 is 2.10 bits per heavy atom. The molecule has 1 aromatic carbocycles. The van der Waals surface area contributed by atoms with E-state index in [1.165, 1.54) is 16.5 Å². The lowest BCUT2D eigenvalue weighted by Crippen LogP contribution is -2.48. The zero-order chi connectivity index (χ0) is 36.0. The third kappa shape index (κ3) is 8.83. The summed E-state index contributed by atoms with van der Waals surface area (Å²) < 4.78 is 33.1. The third-order valence-electron chi connectivity index (χ3n) is 9.06. The van der Waals surface area contributed by atoms with E-state index in [1.807, 2.05) is 37.4 Å².